The van der Waals surface area contributed by atoms with E-state index in [0.717, 1.165) is 12.0 Å². The first-order valence-corrected chi connectivity index (χ1v) is 6.92. The minimum absolute atomic E-state index is 0.00343. The van der Waals surface area contributed by atoms with E-state index in [1.165, 1.54) is 0 Å². The van der Waals surface area contributed by atoms with Gasteiger partial charge in [0.15, 0.2) is 11.5 Å². The summed E-state index contributed by atoms with van der Waals surface area (Å²) in [7, 11) is 3.18. The molecule has 0 aliphatic heterocycles. The SMILES string of the molecule is CCC(N)C(C)c1nc(-c2ccc(OC)c(OC)c2)no1. The van der Waals surface area contributed by atoms with Gasteiger partial charge in [0, 0.05) is 11.6 Å². The third-order valence-corrected chi connectivity index (χ3v) is 3.59. The molecule has 6 heteroatoms. The van der Waals surface area contributed by atoms with Gasteiger partial charge in [-0.2, -0.15) is 4.98 Å². The molecule has 0 fully saturated rings. The fourth-order valence-electron chi connectivity index (χ4n) is 2.05. The maximum absolute atomic E-state index is 6.02. The molecular weight excluding hydrogens is 270 g/mol. The Morgan fingerprint density at radius 1 is 1.24 bits per heavy atom. The van der Waals surface area contributed by atoms with Crippen molar-refractivity contribution in [2.45, 2.75) is 32.2 Å². The Hall–Kier alpha value is -2.08. The Morgan fingerprint density at radius 3 is 2.57 bits per heavy atom. The predicted octanol–water partition coefficient (Wildman–Crippen LogP) is 2.59. The molecule has 2 aromatic rings. The lowest BCUT2D eigenvalue weighted by atomic mass is 10.0. The minimum atomic E-state index is 0.00343. The summed E-state index contributed by atoms with van der Waals surface area (Å²) in [6.07, 6.45) is 0.856. The second-order valence-corrected chi connectivity index (χ2v) is 4.89. The van der Waals surface area contributed by atoms with Gasteiger partial charge < -0.3 is 19.7 Å². The molecule has 21 heavy (non-hydrogen) atoms. The molecule has 0 aliphatic rings. The number of nitrogens with zero attached hydrogens (tertiary/aromatic N) is 2. The van der Waals surface area contributed by atoms with Crippen molar-refractivity contribution in [3.8, 4) is 22.9 Å². The average molecular weight is 291 g/mol. The molecule has 0 saturated carbocycles. The molecule has 0 saturated heterocycles. The third-order valence-electron chi connectivity index (χ3n) is 3.59. The molecule has 2 N–H and O–H groups in total. The van der Waals surface area contributed by atoms with Crippen LogP contribution in [0.5, 0.6) is 11.5 Å². The first-order chi connectivity index (χ1) is 10.1. The number of hydrogen-bond acceptors (Lipinski definition) is 6. The Morgan fingerprint density at radius 2 is 1.95 bits per heavy atom. The average Bonchev–Trinajstić information content (AvgIpc) is 3.02. The van der Waals surface area contributed by atoms with Crippen LogP contribution in [0.15, 0.2) is 22.7 Å². The summed E-state index contributed by atoms with van der Waals surface area (Å²) in [6, 6.07) is 5.49. The molecule has 0 radical (unpaired) electrons. The van der Waals surface area contributed by atoms with Crippen LogP contribution in [0.1, 0.15) is 32.1 Å². The molecule has 0 amide bonds. The van der Waals surface area contributed by atoms with Crippen LogP contribution in [0.2, 0.25) is 0 Å². The van der Waals surface area contributed by atoms with E-state index in [9.17, 15) is 0 Å². The summed E-state index contributed by atoms with van der Waals surface area (Å²) in [4.78, 5) is 4.43. The number of aromatic nitrogens is 2. The molecule has 114 valence electrons. The third kappa shape index (κ3) is 3.16. The first kappa shape index (κ1) is 15.3. The predicted molar refractivity (Wildman–Crippen MR) is 79.5 cm³/mol. The van der Waals surface area contributed by atoms with Crippen LogP contribution >= 0.6 is 0 Å². The molecule has 2 rings (SSSR count). The summed E-state index contributed by atoms with van der Waals surface area (Å²) in [5.74, 6) is 2.37. The second kappa shape index (κ2) is 6.58. The Balaban J connectivity index is 2.29. The summed E-state index contributed by atoms with van der Waals surface area (Å²) in [5.41, 5.74) is 6.82. The molecule has 0 spiro atoms. The number of hydrogen-bond donors (Lipinski definition) is 1. The van der Waals surface area contributed by atoms with Crippen molar-refractivity contribution >= 4 is 0 Å². The van der Waals surface area contributed by atoms with Gasteiger partial charge in [0.1, 0.15) is 0 Å². The van der Waals surface area contributed by atoms with E-state index in [1.54, 1.807) is 14.2 Å². The van der Waals surface area contributed by atoms with Crippen molar-refractivity contribution in [1.82, 2.24) is 10.1 Å². The summed E-state index contributed by atoms with van der Waals surface area (Å²) in [6.45, 7) is 4.02. The lowest BCUT2D eigenvalue weighted by Gasteiger charge is -2.13. The van der Waals surface area contributed by atoms with Crippen molar-refractivity contribution in [2.75, 3.05) is 14.2 Å². The quantitative estimate of drug-likeness (QED) is 0.880. The summed E-state index contributed by atoms with van der Waals surface area (Å²) >= 11 is 0. The monoisotopic (exact) mass is 291 g/mol. The van der Waals surface area contributed by atoms with Crippen LogP contribution in [0.3, 0.4) is 0 Å². The number of ether oxygens (including phenoxy) is 2. The lowest BCUT2D eigenvalue weighted by Crippen LogP contribution is -2.25. The lowest BCUT2D eigenvalue weighted by molar-refractivity contribution is 0.340. The van der Waals surface area contributed by atoms with Gasteiger partial charge >= 0.3 is 0 Å². The zero-order valence-corrected chi connectivity index (χ0v) is 12.8. The number of rotatable bonds is 6. The molecule has 2 atom stereocenters. The second-order valence-electron chi connectivity index (χ2n) is 4.89. The van der Waals surface area contributed by atoms with Crippen molar-refractivity contribution in [3.63, 3.8) is 0 Å². The van der Waals surface area contributed by atoms with Crippen molar-refractivity contribution in [3.05, 3.63) is 24.1 Å². The van der Waals surface area contributed by atoms with Crippen molar-refractivity contribution in [1.29, 1.82) is 0 Å². The van der Waals surface area contributed by atoms with Gasteiger partial charge in [-0.25, -0.2) is 0 Å². The highest BCUT2D eigenvalue weighted by Gasteiger charge is 2.20. The van der Waals surface area contributed by atoms with Crippen molar-refractivity contribution < 1.29 is 14.0 Å². The number of nitrogens with two attached hydrogens (primary N) is 1. The van der Waals surface area contributed by atoms with Gasteiger partial charge in [-0.05, 0) is 24.6 Å². The van der Waals surface area contributed by atoms with Crippen molar-refractivity contribution in [2.24, 2.45) is 5.73 Å². The number of benzene rings is 1. The van der Waals surface area contributed by atoms with Gasteiger partial charge in [0.05, 0.1) is 20.1 Å². The van der Waals surface area contributed by atoms with E-state index in [0.29, 0.717) is 23.2 Å². The van der Waals surface area contributed by atoms with Crippen LogP contribution in [-0.4, -0.2) is 30.4 Å². The van der Waals surface area contributed by atoms with Crippen LogP contribution in [0.25, 0.3) is 11.4 Å². The maximum Gasteiger partial charge on any atom is 0.231 e. The maximum atomic E-state index is 6.02. The largest absolute Gasteiger partial charge is 0.493 e. The molecule has 0 aliphatic carbocycles. The normalized spacial score (nSPS) is 13.8. The minimum Gasteiger partial charge on any atom is -0.493 e. The fraction of sp³-hybridized carbons (Fsp3) is 0.467. The Labute approximate surface area is 124 Å². The van der Waals surface area contributed by atoms with Gasteiger partial charge in [-0.3, -0.25) is 0 Å². The molecule has 6 nitrogen and oxygen atoms in total. The van der Waals surface area contributed by atoms with Gasteiger partial charge in [0.25, 0.3) is 0 Å². The molecule has 1 heterocycles. The van der Waals surface area contributed by atoms with E-state index in [-0.39, 0.29) is 12.0 Å². The van der Waals surface area contributed by atoms with E-state index < -0.39 is 0 Å². The summed E-state index contributed by atoms with van der Waals surface area (Å²) < 4.78 is 15.8. The molecule has 1 aromatic heterocycles. The fourth-order valence-corrected chi connectivity index (χ4v) is 2.05. The van der Waals surface area contributed by atoms with E-state index in [1.807, 2.05) is 32.0 Å². The van der Waals surface area contributed by atoms with Crippen LogP contribution in [0, 0.1) is 0 Å². The standard InChI is InChI=1S/C15H21N3O3/c1-5-11(16)9(2)15-17-14(18-21-15)10-6-7-12(19-3)13(8-10)20-4/h6-9,11H,5,16H2,1-4H3. The Kier molecular flexibility index (Phi) is 4.80. The van der Waals surface area contributed by atoms with Crippen LogP contribution in [0.4, 0.5) is 0 Å². The first-order valence-electron chi connectivity index (χ1n) is 6.92. The summed E-state index contributed by atoms with van der Waals surface area (Å²) in [5, 5.41) is 4.02. The van der Waals surface area contributed by atoms with Crippen LogP contribution in [-0.2, 0) is 0 Å². The van der Waals surface area contributed by atoms with E-state index in [4.69, 9.17) is 19.7 Å². The Bertz CT molecular complexity index is 598. The highest BCUT2D eigenvalue weighted by molar-refractivity contribution is 5.60. The van der Waals surface area contributed by atoms with Gasteiger partial charge in [-0.15, -0.1) is 0 Å². The molecule has 2 unspecified atom stereocenters. The zero-order chi connectivity index (χ0) is 15.4. The number of methoxy groups -OCH3 is 2. The van der Waals surface area contributed by atoms with Crippen LogP contribution < -0.4 is 15.2 Å². The van der Waals surface area contributed by atoms with E-state index in [2.05, 4.69) is 10.1 Å². The molecular formula is C15H21N3O3. The topological polar surface area (TPSA) is 83.4 Å². The highest BCUT2D eigenvalue weighted by atomic mass is 16.5. The zero-order valence-electron chi connectivity index (χ0n) is 12.8. The van der Waals surface area contributed by atoms with E-state index >= 15 is 0 Å². The highest BCUT2D eigenvalue weighted by Crippen LogP contribution is 2.31. The van der Waals surface area contributed by atoms with Gasteiger partial charge in [-0.1, -0.05) is 19.0 Å². The molecule has 1 aromatic carbocycles. The molecule has 0 bridgehead atoms. The van der Waals surface area contributed by atoms with Gasteiger partial charge in [0.2, 0.25) is 11.7 Å². The smallest absolute Gasteiger partial charge is 0.231 e.